The van der Waals surface area contributed by atoms with Crippen molar-refractivity contribution in [3.8, 4) is 0 Å². The lowest BCUT2D eigenvalue weighted by Crippen LogP contribution is -2.37. The van der Waals surface area contributed by atoms with Gasteiger partial charge in [0.15, 0.2) is 0 Å². The van der Waals surface area contributed by atoms with Crippen LogP contribution in [-0.2, 0) is 20.9 Å². The van der Waals surface area contributed by atoms with Crippen LogP contribution in [0.4, 0.5) is 5.69 Å². The summed E-state index contributed by atoms with van der Waals surface area (Å²) in [7, 11) is 0. The number of likely N-dealkylation sites (tertiary alicyclic amines) is 1. The second-order valence-electron chi connectivity index (χ2n) is 5.33. The standard InChI is InChI=1S/C15H17N3O3S/c19-13-5-6-14(20)18(13)7-10-1-3-11(4-2-10)17-15(21)12-8-22-9-16-12/h1-4,12,16H,5-9H2,(H,17,21). The van der Waals surface area contributed by atoms with Gasteiger partial charge in [0, 0.05) is 30.2 Å². The van der Waals surface area contributed by atoms with E-state index in [1.807, 2.05) is 12.1 Å². The highest BCUT2D eigenvalue weighted by Crippen LogP contribution is 2.18. The summed E-state index contributed by atoms with van der Waals surface area (Å²) in [5, 5.41) is 5.98. The number of amides is 3. The van der Waals surface area contributed by atoms with Crippen LogP contribution < -0.4 is 10.6 Å². The number of anilines is 1. The Morgan fingerprint density at radius 1 is 1.23 bits per heavy atom. The van der Waals surface area contributed by atoms with Gasteiger partial charge in [0.1, 0.15) is 0 Å². The summed E-state index contributed by atoms with van der Waals surface area (Å²) in [5.41, 5.74) is 1.59. The lowest BCUT2D eigenvalue weighted by atomic mass is 10.2. The van der Waals surface area contributed by atoms with Crippen molar-refractivity contribution >= 4 is 35.2 Å². The third kappa shape index (κ3) is 3.31. The largest absolute Gasteiger partial charge is 0.325 e. The Labute approximate surface area is 132 Å². The molecule has 2 heterocycles. The van der Waals surface area contributed by atoms with Gasteiger partial charge in [-0.2, -0.15) is 0 Å². The Morgan fingerprint density at radius 3 is 2.50 bits per heavy atom. The van der Waals surface area contributed by atoms with Crippen LogP contribution in [0.5, 0.6) is 0 Å². The zero-order chi connectivity index (χ0) is 15.5. The van der Waals surface area contributed by atoms with Crippen LogP contribution in [0.25, 0.3) is 0 Å². The maximum Gasteiger partial charge on any atom is 0.242 e. The van der Waals surface area contributed by atoms with Gasteiger partial charge in [-0.3, -0.25) is 24.6 Å². The van der Waals surface area contributed by atoms with Gasteiger partial charge in [0.05, 0.1) is 12.6 Å². The number of carbonyl (C=O) groups is 3. The molecule has 2 N–H and O–H groups in total. The number of benzene rings is 1. The number of imide groups is 1. The minimum atomic E-state index is -0.149. The Bertz CT molecular complexity index is 581. The predicted octanol–water partition coefficient (Wildman–Crippen LogP) is 0.937. The zero-order valence-electron chi connectivity index (χ0n) is 12.0. The van der Waals surface area contributed by atoms with E-state index in [2.05, 4.69) is 10.6 Å². The lowest BCUT2D eigenvalue weighted by Gasteiger charge is -2.14. The summed E-state index contributed by atoms with van der Waals surface area (Å²) in [5.74, 6) is 1.31. The van der Waals surface area contributed by atoms with E-state index in [9.17, 15) is 14.4 Å². The molecule has 2 aliphatic heterocycles. The van der Waals surface area contributed by atoms with Crippen LogP contribution in [0.15, 0.2) is 24.3 Å². The highest BCUT2D eigenvalue weighted by Gasteiger charge is 2.28. The first-order chi connectivity index (χ1) is 10.6. The fourth-order valence-corrected chi connectivity index (χ4v) is 3.41. The quantitative estimate of drug-likeness (QED) is 0.808. The molecule has 1 aromatic rings. The first kappa shape index (κ1) is 15.1. The number of carbonyl (C=O) groups excluding carboxylic acids is 3. The molecular weight excluding hydrogens is 302 g/mol. The molecule has 2 aliphatic rings. The minimum Gasteiger partial charge on any atom is -0.325 e. The minimum absolute atomic E-state index is 0.0392. The summed E-state index contributed by atoms with van der Waals surface area (Å²) in [4.78, 5) is 36.4. The first-order valence-electron chi connectivity index (χ1n) is 7.17. The molecule has 22 heavy (non-hydrogen) atoms. The molecule has 116 valence electrons. The van der Waals surface area contributed by atoms with Crippen molar-refractivity contribution in [3.05, 3.63) is 29.8 Å². The van der Waals surface area contributed by atoms with Gasteiger partial charge >= 0.3 is 0 Å². The van der Waals surface area contributed by atoms with E-state index in [1.54, 1.807) is 23.9 Å². The van der Waals surface area contributed by atoms with Gasteiger partial charge in [0.2, 0.25) is 17.7 Å². The van der Waals surface area contributed by atoms with Crippen molar-refractivity contribution in [2.45, 2.75) is 25.4 Å². The van der Waals surface area contributed by atoms with Crippen LogP contribution in [0, 0.1) is 0 Å². The molecule has 1 aromatic carbocycles. The van der Waals surface area contributed by atoms with E-state index in [0.717, 1.165) is 17.2 Å². The van der Waals surface area contributed by atoms with Gasteiger partial charge in [0.25, 0.3) is 0 Å². The first-order valence-corrected chi connectivity index (χ1v) is 8.33. The van der Waals surface area contributed by atoms with E-state index < -0.39 is 0 Å². The SMILES string of the molecule is O=C(Nc1ccc(CN2C(=O)CCC2=O)cc1)C1CSCN1. The van der Waals surface area contributed by atoms with Crippen LogP contribution in [0.1, 0.15) is 18.4 Å². The summed E-state index contributed by atoms with van der Waals surface area (Å²) < 4.78 is 0. The molecule has 0 spiro atoms. The highest BCUT2D eigenvalue weighted by molar-refractivity contribution is 7.99. The van der Waals surface area contributed by atoms with E-state index >= 15 is 0 Å². The molecule has 3 amide bonds. The third-order valence-corrected chi connectivity index (χ3v) is 4.69. The molecule has 0 radical (unpaired) electrons. The average molecular weight is 319 g/mol. The van der Waals surface area contributed by atoms with Gasteiger partial charge in [-0.25, -0.2) is 0 Å². The molecule has 0 bridgehead atoms. The van der Waals surface area contributed by atoms with Crippen molar-refractivity contribution < 1.29 is 14.4 Å². The molecule has 0 saturated carbocycles. The lowest BCUT2D eigenvalue weighted by molar-refractivity contribution is -0.139. The van der Waals surface area contributed by atoms with Crippen molar-refractivity contribution in [1.29, 1.82) is 0 Å². The van der Waals surface area contributed by atoms with Gasteiger partial charge < -0.3 is 5.32 Å². The van der Waals surface area contributed by atoms with Gasteiger partial charge in [-0.1, -0.05) is 12.1 Å². The van der Waals surface area contributed by atoms with Crippen LogP contribution >= 0.6 is 11.8 Å². The summed E-state index contributed by atoms with van der Waals surface area (Å²) >= 11 is 1.70. The average Bonchev–Trinajstić information content (AvgIpc) is 3.15. The van der Waals surface area contributed by atoms with Crippen LogP contribution in [0.2, 0.25) is 0 Å². The number of thioether (sulfide) groups is 1. The Hall–Kier alpha value is -1.86. The summed E-state index contributed by atoms with van der Waals surface area (Å²) in [6.07, 6.45) is 0.610. The Morgan fingerprint density at radius 2 is 1.91 bits per heavy atom. The molecule has 2 fully saturated rings. The van der Waals surface area contributed by atoms with E-state index in [1.165, 1.54) is 4.90 Å². The molecule has 2 saturated heterocycles. The van der Waals surface area contributed by atoms with Crippen molar-refractivity contribution in [2.24, 2.45) is 0 Å². The fraction of sp³-hybridized carbons (Fsp3) is 0.400. The summed E-state index contributed by atoms with van der Waals surface area (Å²) in [6.45, 7) is 0.298. The molecular formula is C15H17N3O3S. The molecule has 3 rings (SSSR count). The topological polar surface area (TPSA) is 78.5 Å². The smallest absolute Gasteiger partial charge is 0.242 e. The second kappa shape index (κ2) is 6.50. The maximum atomic E-state index is 12.0. The van der Waals surface area contributed by atoms with Crippen molar-refractivity contribution in [2.75, 3.05) is 16.9 Å². The molecule has 0 aliphatic carbocycles. The second-order valence-corrected chi connectivity index (χ2v) is 6.36. The van der Waals surface area contributed by atoms with E-state index in [0.29, 0.717) is 25.1 Å². The number of rotatable bonds is 4. The number of hydrogen-bond acceptors (Lipinski definition) is 5. The Kier molecular flexibility index (Phi) is 4.44. The van der Waals surface area contributed by atoms with Crippen LogP contribution in [0.3, 0.4) is 0 Å². The third-order valence-electron chi connectivity index (χ3n) is 3.75. The number of nitrogens with zero attached hydrogens (tertiary/aromatic N) is 1. The van der Waals surface area contributed by atoms with Gasteiger partial charge in [-0.05, 0) is 17.7 Å². The Balaban J connectivity index is 1.59. The number of hydrogen-bond donors (Lipinski definition) is 2. The maximum absolute atomic E-state index is 12.0. The number of nitrogens with one attached hydrogen (secondary N) is 2. The summed E-state index contributed by atoms with van der Waals surface area (Å²) in [6, 6.07) is 7.08. The van der Waals surface area contributed by atoms with E-state index in [4.69, 9.17) is 0 Å². The fourth-order valence-electron chi connectivity index (χ4n) is 2.47. The molecule has 7 heteroatoms. The molecule has 1 unspecified atom stereocenters. The van der Waals surface area contributed by atoms with Crippen LogP contribution in [-0.4, -0.2) is 40.3 Å². The van der Waals surface area contributed by atoms with Crippen molar-refractivity contribution in [1.82, 2.24) is 10.2 Å². The molecule has 0 aromatic heterocycles. The predicted molar refractivity (Wildman–Crippen MR) is 84.1 cm³/mol. The highest BCUT2D eigenvalue weighted by atomic mass is 32.2. The monoisotopic (exact) mass is 319 g/mol. The molecule has 6 nitrogen and oxygen atoms in total. The normalized spacial score (nSPS) is 21.5. The molecule has 1 atom stereocenters. The van der Waals surface area contributed by atoms with Crippen molar-refractivity contribution in [3.63, 3.8) is 0 Å². The van der Waals surface area contributed by atoms with E-state index in [-0.39, 0.29) is 23.8 Å². The zero-order valence-corrected chi connectivity index (χ0v) is 12.8. The van der Waals surface area contributed by atoms with Gasteiger partial charge in [-0.15, -0.1) is 11.8 Å².